The highest BCUT2D eigenvalue weighted by Gasteiger charge is 2.04. The first-order valence-corrected chi connectivity index (χ1v) is 6.21. The molecule has 0 saturated carbocycles. The molecule has 0 bridgehead atoms. The first-order chi connectivity index (χ1) is 10.1. The van der Waals surface area contributed by atoms with Gasteiger partial charge in [-0.3, -0.25) is 4.79 Å². The minimum atomic E-state index is -0.305. The predicted molar refractivity (Wildman–Crippen MR) is 78.9 cm³/mol. The van der Waals surface area contributed by atoms with Gasteiger partial charge in [-0.2, -0.15) is 0 Å². The second-order valence-corrected chi connectivity index (χ2v) is 4.20. The lowest BCUT2D eigenvalue weighted by molar-refractivity contribution is 0.105. The van der Waals surface area contributed by atoms with Crippen LogP contribution in [0.15, 0.2) is 42.5 Å². The van der Waals surface area contributed by atoms with Crippen molar-refractivity contribution in [3.8, 4) is 29.1 Å². The molecule has 21 heavy (non-hydrogen) atoms. The fraction of sp³-hybridized carbons (Fsp3) is 0.118. The Bertz CT molecular complexity index is 723. The lowest BCUT2D eigenvalue weighted by Gasteiger charge is -2.02. The number of hydrogen-bond acceptors (Lipinski definition) is 4. The molecule has 4 heteroatoms. The molecule has 0 fully saturated rings. The fourth-order valence-electron chi connectivity index (χ4n) is 1.72. The number of ketones is 1. The number of hydrogen-bond donors (Lipinski definition) is 1. The Labute approximate surface area is 122 Å². The molecule has 0 saturated heterocycles. The summed E-state index contributed by atoms with van der Waals surface area (Å²) in [5, 5.41) is 9.49. The fourth-order valence-corrected chi connectivity index (χ4v) is 1.72. The van der Waals surface area contributed by atoms with Crippen molar-refractivity contribution in [2.75, 3.05) is 14.2 Å². The number of Topliss-reactive ketones (excluding diaryl/α,β-unsaturated/α-hetero) is 1. The molecule has 0 aliphatic heterocycles. The molecule has 1 N–H and O–H groups in total. The molecular weight excluding hydrogens is 268 g/mol. The molecule has 0 spiro atoms. The van der Waals surface area contributed by atoms with E-state index in [1.807, 2.05) is 0 Å². The molecule has 0 aliphatic rings. The Hall–Kier alpha value is -2.93. The summed E-state index contributed by atoms with van der Waals surface area (Å²) in [6, 6.07) is 11.5. The summed E-state index contributed by atoms with van der Waals surface area (Å²) >= 11 is 0. The maximum atomic E-state index is 12.0. The molecule has 2 aromatic carbocycles. The number of ether oxygens (including phenoxy) is 2. The van der Waals surface area contributed by atoms with E-state index in [9.17, 15) is 9.90 Å². The zero-order chi connectivity index (χ0) is 15.2. The van der Waals surface area contributed by atoms with Gasteiger partial charge in [0.2, 0.25) is 5.78 Å². The van der Waals surface area contributed by atoms with E-state index in [2.05, 4.69) is 11.8 Å². The van der Waals surface area contributed by atoms with Crippen LogP contribution in [0.1, 0.15) is 15.9 Å². The van der Waals surface area contributed by atoms with E-state index in [0.717, 1.165) is 0 Å². The molecule has 0 aromatic heterocycles. The van der Waals surface area contributed by atoms with E-state index >= 15 is 0 Å². The van der Waals surface area contributed by atoms with Crippen molar-refractivity contribution >= 4 is 5.78 Å². The summed E-state index contributed by atoms with van der Waals surface area (Å²) in [6.07, 6.45) is 0. The van der Waals surface area contributed by atoms with Crippen molar-refractivity contribution in [1.29, 1.82) is 0 Å². The summed E-state index contributed by atoms with van der Waals surface area (Å²) in [6.45, 7) is 0. The average Bonchev–Trinajstić information content (AvgIpc) is 2.53. The maximum Gasteiger partial charge on any atom is 0.236 e. The van der Waals surface area contributed by atoms with Crippen LogP contribution in [0.3, 0.4) is 0 Å². The Morgan fingerprint density at radius 2 is 1.90 bits per heavy atom. The van der Waals surface area contributed by atoms with E-state index in [0.29, 0.717) is 22.6 Å². The zero-order valence-electron chi connectivity index (χ0n) is 11.7. The Morgan fingerprint density at radius 3 is 2.62 bits per heavy atom. The van der Waals surface area contributed by atoms with E-state index in [4.69, 9.17) is 9.47 Å². The minimum Gasteiger partial charge on any atom is -0.504 e. The predicted octanol–water partition coefficient (Wildman–Crippen LogP) is 2.64. The standard InChI is InChI=1S/C17H14O4/c1-20-14-5-3-4-13(11-14)15(18)8-6-12-7-9-16(19)17(10-12)21-2/h3-5,7,9-11,19H,1-2H3. The third-order valence-electron chi connectivity index (χ3n) is 2.83. The highest BCUT2D eigenvalue weighted by Crippen LogP contribution is 2.25. The summed E-state index contributed by atoms with van der Waals surface area (Å²) < 4.78 is 10.1. The van der Waals surface area contributed by atoms with E-state index in [-0.39, 0.29) is 11.5 Å². The second kappa shape index (κ2) is 6.49. The van der Waals surface area contributed by atoms with Crippen LogP contribution < -0.4 is 9.47 Å². The van der Waals surface area contributed by atoms with Crippen LogP contribution in [0.2, 0.25) is 0 Å². The van der Waals surface area contributed by atoms with Gasteiger partial charge in [0.1, 0.15) is 5.75 Å². The molecule has 0 atom stereocenters. The van der Waals surface area contributed by atoms with Crippen LogP contribution in [0.25, 0.3) is 0 Å². The number of phenols is 1. The summed E-state index contributed by atoms with van der Waals surface area (Å²) in [4.78, 5) is 12.0. The molecule has 0 heterocycles. The number of carbonyl (C=O) groups excluding carboxylic acids is 1. The number of carbonyl (C=O) groups is 1. The van der Waals surface area contributed by atoms with Gasteiger partial charge in [-0.05, 0) is 36.3 Å². The number of aromatic hydroxyl groups is 1. The van der Waals surface area contributed by atoms with Crippen LogP contribution in [-0.2, 0) is 0 Å². The van der Waals surface area contributed by atoms with Gasteiger partial charge in [0.25, 0.3) is 0 Å². The first-order valence-electron chi connectivity index (χ1n) is 6.21. The van der Waals surface area contributed by atoms with Crippen molar-refractivity contribution in [2.24, 2.45) is 0 Å². The minimum absolute atomic E-state index is 0.0298. The van der Waals surface area contributed by atoms with Crippen molar-refractivity contribution in [3.05, 3.63) is 53.6 Å². The molecule has 0 amide bonds. The van der Waals surface area contributed by atoms with Crippen molar-refractivity contribution in [3.63, 3.8) is 0 Å². The van der Waals surface area contributed by atoms with Gasteiger partial charge in [0, 0.05) is 11.1 Å². The van der Waals surface area contributed by atoms with Gasteiger partial charge in [0.15, 0.2) is 11.5 Å². The topological polar surface area (TPSA) is 55.8 Å². The quantitative estimate of drug-likeness (QED) is 0.694. The van der Waals surface area contributed by atoms with E-state index in [1.54, 1.807) is 36.4 Å². The molecule has 0 aliphatic carbocycles. The summed E-state index contributed by atoms with van der Waals surface area (Å²) in [7, 11) is 2.99. The number of phenolic OH excluding ortho intramolecular Hbond substituents is 1. The zero-order valence-corrected chi connectivity index (χ0v) is 11.7. The number of methoxy groups -OCH3 is 2. The molecule has 106 valence electrons. The van der Waals surface area contributed by atoms with Gasteiger partial charge in [0.05, 0.1) is 14.2 Å². The summed E-state index contributed by atoms with van der Waals surface area (Å²) in [5.41, 5.74) is 1.05. The van der Waals surface area contributed by atoms with E-state index in [1.165, 1.54) is 20.3 Å². The summed E-state index contributed by atoms with van der Waals surface area (Å²) in [5.74, 6) is 5.95. The normalized spacial score (nSPS) is 9.43. The van der Waals surface area contributed by atoms with Gasteiger partial charge in [-0.1, -0.05) is 18.1 Å². The molecular formula is C17H14O4. The SMILES string of the molecule is COc1cccc(C(=O)C#Cc2ccc(O)c(OC)c2)c1. The third-order valence-corrected chi connectivity index (χ3v) is 2.83. The molecule has 0 unspecified atom stereocenters. The monoisotopic (exact) mass is 282 g/mol. The number of rotatable bonds is 3. The van der Waals surface area contributed by atoms with Crippen molar-refractivity contribution in [1.82, 2.24) is 0 Å². The Morgan fingerprint density at radius 1 is 1.10 bits per heavy atom. The molecule has 2 aromatic rings. The van der Waals surface area contributed by atoms with Crippen LogP contribution in [0.4, 0.5) is 0 Å². The molecule has 0 radical (unpaired) electrons. The molecule has 2 rings (SSSR count). The van der Waals surface area contributed by atoms with Crippen LogP contribution in [-0.4, -0.2) is 25.1 Å². The highest BCUT2D eigenvalue weighted by molar-refractivity contribution is 6.09. The smallest absolute Gasteiger partial charge is 0.236 e. The van der Waals surface area contributed by atoms with Gasteiger partial charge in [-0.25, -0.2) is 0 Å². The lowest BCUT2D eigenvalue weighted by atomic mass is 10.1. The first kappa shape index (κ1) is 14.5. The highest BCUT2D eigenvalue weighted by atomic mass is 16.5. The van der Waals surface area contributed by atoms with Crippen molar-refractivity contribution in [2.45, 2.75) is 0 Å². The Balaban J connectivity index is 2.23. The van der Waals surface area contributed by atoms with Crippen LogP contribution >= 0.6 is 0 Å². The maximum absolute atomic E-state index is 12.0. The van der Waals surface area contributed by atoms with Gasteiger partial charge < -0.3 is 14.6 Å². The Kier molecular flexibility index (Phi) is 4.47. The van der Waals surface area contributed by atoms with Crippen molar-refractivity contribution < 1.29 is 19.4 Å². The van der Waals surface area contributed by atoms with Crippen LogP contribution in [0, 0.1) is 11.8 Å². The second-order valence-electron chi connectivity index (χ2n) is 4.20. The molecule has 4 nitrogen and oxygen atoms in total. The van der Waals surface area contributed by atoms with Gasteiger partial charge in [-0.15, -0.1) is 0 Å². The largest absolute Gasteiger partial charge is 0.504 e. The number of benzene rings is 2. The van der Waals surface area contributed by atoms with E-state index < -0.39 is 0 Å². The lowest BCUT2D eigenvalue weighted by Crippen LogP contribution is -1.95. The van der Waals surface area contributed by atoms with Gasteiger partial charge >= 0.3 is 0 Å². The third kappa shape index (κ3) is 3.54. The van der Waals surface area contributed by atoms with Crippen LogP contribution in [0.5, 0.6) is 17.2 Å². The average molecular weight is 282 g/mol.